The Balaban J connectivity index is 3.88. The van der Waals surface area contributed by atoms with Crippen molar-refractivity contribution in [3.05, 3.63) is 0 Å². The van der Waals surface area contributed by atoms with Gasteiger partial charge in [-0.2, -0.15) is 0 Å². The average molecular weight is 217 g/mol. The van der Waals surface area contributed by atoms with Crippen LogP contribution in [0.4, 0.5) is 0 Å². The van der Waals surface area contributed by atoms with Gasteiger partial charge in [0.25, 0.3) is 0 Å². The van der Waals surface area contributed by atoms with Crippen LogP contribution in [0.2, 0.25) is 0 Å². The normalized spacial score (nSPS) is 12.0. The van der Waals surface area contributed by atoms with E-state index in [-0.39, 0.29) is 0 Å². The van der Waals surface area contributed by atoms with Crippen molar-refractivity contribution in [2.75, 3.05) is 40.5 Å². The summed E-state index contributed by atoms with van der Waals surface area (Å²) >= 11 is 0. The number of rotatable bonds is 10. The Morgan fingerprint density at radius 1 is 1.00 bits per heavy atom. The Hall–Kier alpha value is -0.120. The first kappa shape index (κ1) is 14.9. The molecule has 0 fully saturated rings. The Morgan fingerprint density at radius 2 is 1.60 bits per heavy atom. The number of ether oxygens (including phenoxy) is 2. The van der Waals surface area contributed by atoms with Crippen LogP contribution in [0.1, 0.15) is 33.1 Å². The Bertz CT molecular complexity index is 136. The molecule has 3 nitrogen and oxygen atoms in total. The molecule has 92 valence electrons. The van der Waals surface area contributed by atoms with Gasteiger partial charge in [0.2, 0.25) is 0 Å². The zero-order valence-corrected chi connectivity index (χ0v) is 10.8. The number of hydrogen-bond acceptors (Lipinski definition) is 3. The molecule has 0 aromatic carbocycles. The van der Waals surface area contributed by atoms with Crippen molar-refractivity contribution in [1.29, 1.82) is 0 Å². The highest BCUT2D eigenvalue weighted by Gasteiger charge is 2.24. The van der Waals surface area contributed by atoms with Crippen LogP contribution < -0.4 is 5.32 Å². The molecule has 0 amide bonds. The average Bonchev–Trinajstić information content (AvgIpc) is 2.29. The molecule has 0 aromatic heterocycles. The van der Waals surface area contributed by atoms with E-state index in [0.29, 0.717) is 5.41 Å². The highest BCUT2D eigenvalue weighted by molar-refractivity contribution is 4.78. The number of methoxy groups -OCH3 is 2. The largest absolute Gasteiger partial charge is 0.385 e. The summed E-state index contributed by atoms with van der Waals surface area (Å²) in [5.74, 6) is 0. The number of nitrogens with one attached hydrogen (secondary N) is 1. The van der Waals surface area contributed by atoms with E-state index in [1.807, 2.05) is 0 Å². The van der Waals surface area contributed by atoms with Crippen LogP contribution in [0.3, 0.4) is 0 Å². The van der Waals surface area contributed by atoms with Crippen molar-refractivity contribution in [3.8, 4) is 0 Å². The van der Waals surface area contributed by atoms with Crippen LogP contribution in [-0.2, 0) is 9.47 Å². The summed E-state index contributed by atoms with van der Waals surface area (Å²) in [6.07, 6.45) is 3.54. The minimum Gasteiger partial charge on any atom is -0.385 e. The van der Waals surface area contributed by atoms with Gasteiger partial charge >= 0.3 is 0 Å². The first-order valence-corrected chi connectivity index (χ1v) is 5.93. The van der Waals surface area contributed by atoms with Crippen molar-refractivity contribution in [1.82, 2.24) is 5.32 Å². The first-order valence-electron chi connectivity index (χ1n) is 5.93. The van der Waals surface area contributed by atoms with Gasteiger partial charge < -0.3 is 14.8 Å². The molecular formula is C12H27NO2. The molecule has 0 saturated heterocycles. The SMILES string of the molecule is CCC(CC)(CCOC)CNCCOC. The van der Waals surface area contributed by atoms with E-state index in [9.17, 15) is 0 Å². The second kappa shape index (κ2) is 9.13. The highest BCUT2D eigenvalue weighted by Crippen LogP contribution is 2.29. The van der Waals surface area contributed by atoms with E-state index in [0.717, 1.165) is 32.7 Å². The minimum atomic E-state index is 0.393. The summed E-state index contributed by atoms with van der Waals surface area (Å²) in [4.78, 5) is 0. The van der Waals surface area contributed by atoms with Gasteiger partial charge in [-0.05, 0) is 24.7 Å². The van der Waals surface area contributed by atoms with E-state index in [2.05, 4.69) is 19.2 Å². The third-order valence-corrected chi connectivity index (χ3v) is 3.32. The molecular weight excluding hydrogens is 190 g/mol. The van der Waals surface area contributed by atoms with E-state index in [4.69, 9.17) is 9.47 Å². The van der Waals surface area contributed by atoms with Crippen LogP contribution in [0.15, 0.2) is 0 Å². The predicted octanol–water partition coefficient (Wildman–Crippen LogP) is 2.07. The van der Waals surface area contributed by atoms with Crippen molar-refractivity contribution in [2.24, 2.45) is 5.41 Å². The fraction of sp³-hybridized carbons (Fsp3) is 1.00. The van der Waals surface area contributed by atoms with Crippen molar-refractivity contribution < 1.29 is 9.47 Å². The van der Waals surface area contributed by atoms with E-state index in [1.165, 1.54) is 12.8 Å². The molecule has 0 spiro atoms. The Labute approximate surface area is 94.5 Å². The van der Waals surface area contributed by atoms with E-state index < -0.39 is 0 Å². The van der Waals surface area contributed by atoms with Crippen LogP contribution in [-0.4, -0.2) is 40.5 Å². The van der Waals surface area contributed by atoms with Crippen LogP contribution in [0.5, 0.6) is 0 Å². The molecule has 0 aliphatic heterocycles. The zero-order valence-electron chi connectivity index (χ0n) is 10.8. The second-order valence-electron chi connectivity index (χ2n) is 4.12. The lowest BCUT2D eigenvalue weighted by Crippen LogP contribution is -2.36. The van der Waals surface area contributed by atoms with Crippen molar-refractivity contribution in [3.63, 3.8) is 0 Å². The fourth-order valence-corrected chi connectivity index (χ4v) is 1.79. The molecule has 0 rings (SSSR count). The highest BCUT2D eigenvalue weighted by atomic mass is 16.5. The molecule has 0 saturated carbocycles. The fourth-order valence-electron chi connectivity index (χ4n) is 1.79. The maximum Gasteiger partial charge on any atom is 0.0587 e. The summed E-state index contributed by atoms with van der Waals surface area (Å²) in [6, 6.07) is 0. The summed E-state index contributed by atoms with van der Waals surface area (Å²) in [7, 11) is 3.51. The molecule has 0 radical (unpaired) electrons. The van der Waals surface area contributed by atoms with Gasteiger partial charge in [-0.3, -0.25) is 0 Å². The Kier molecular flexibility index (Phi) is 9.06. The maximum atomic E-state index is 5.18. The lowest BCUT2D eigenvalue weighted by Gasteiger charge is -2.32. The van der Waals surface area contributed by atoms with Crippen molar-refractivity contribution in [2.45, 2.75) is 33.1 Å². The molecule has 0 aliphatic carbocycles. The van der Waals surface area contributed by atoms with Crippen LogP contribution in [0.25, 0.3) is 0 Å². The smallest absolute Gasteiger partial charge is 0.0587 e. The molecule has 1 N–H and O–H groups in total. The van der Waals surface area contributed by atoms with Gasteiger partial charge in [-0.1, -0.05) is 13.8 Å². The molecule has 0 bridgehead atoms. The third-order valence-electron chi connectivity index (χ3n) is 3.32. The summed E-state index contributed by atoms with van der Waals surface area (Å²) in [5.41, 5.74) is 0.393. The molecule has 0 atom stereocenters. The van der Waals surface area contributed by atoms with Gasteiger partial charge in [0.15, 0.2) is 0 Å². The van der Waals surface area contributed by atoms with Gasteiger partial charge in [-0.15, -0.1) is 0 Å². The van der Waals surface area contributed by atoms with E-state index in [1.54, 1.807) is 14.2 Å². The summed E-state index contributed by atoms with van der Waals surface area (Å²) < 4.78 is 10.2. The standard InChI is InChI=1S/C12H27NO2/c1-5-12(6-2,7-9-14-3)11-13-8-10-15-4/h13H,5-11H2,1-4H3. The zero-order chi connectivity index (χ0) is 11.6. The first-order chi connectivity index (χ1) is 7.24. The van der Waals surface area contributed by atoms with Gasteiger partial charge in [-0.25, -0.2) is 0 Å². The summed E-state index contributed by atoms with van der Waals surface area (Å²) in [6.45, 7) is 8.16. The predicted molar refractivity (Wildman–Crippen MR) is 64.3 cm³/mol. The van der Waals surface area contributed by atoms with Gasteiger partial charge in [0.05, 0.1) is 6.61 Å². The Morgan fingerprint density at radius 3 is 2.07 bits per heavy atom. The maximum absolute atomic E-state index is 5.18. The molecule has 15 heavy (non-hydrogen) atoms. The van der Waals surface area contributed by atoms with Crippen LogP contribution >= 0.6 is 0 Å². The minimum absolute atomic E-state index is 0.393. The van der Waals surface area contributed by atoms with Crippen molar-refractivity contribution >= 4 is 0 Å². The van der Waals surface area contributed by atoms with Gasteiger partial charge in [0, 0.05) is 33.9 Å². The van der Waals surface area contributed by atoms with Crippen LogP contribution in [0, 0.1) is 5.41 Å². The molecule has 0 aliphatic rings. The topological polar surface area (TPSA) is 30.5 Å². The monoisotopic (exact) mass is 217 g/mol. The van der Waals surface area contributed by atoms with Gasteiger partial charge in [0.1, 0.15) is 0 Å². The molecule has 0 heterocycles. The lowest BCUT2D eigenvalue weighted by atomic mass is 9.79. The summed E-state index contributed by atoms with van der Waals surface area (Å²) in [5, 5.41) is 3.46. The quantitative estimate of drug-likeness (QED) is 0.568. The van der Waals surface area contributed by atoms with E-state index >= 15 is 0 Å². The third kappa shape index (κ3) is 6.13. The number of hydrogen-bond donors (Lipinski definition) is 1. The molecule has 3 heteroatoms. The molecule has 0 aromatic rings. The lowest BCUT2D eigenvalue weighted by molar-refractivity contribution is 0.122. The molecule has 0 unspecified atom stereocenters. The second-order valence-corrected chi connectivity index (χ2v) is 4.12.